The van der Waals surface area contributed by atoms with Gasteiger partial charge < -0.3 is 14.6 Å². The van der Waals surface area contributed by atoms with Crippen molar-refractivity contribution >= 4 is 11.8 Å². The maximum absolute atomic E-state index is 12.4. The van der Waals surface area contributed by atoms with Crippen molar-refractivity contribution < 1.29 is 14.0 Å². The normalized spacial score (nSPS) is 20.5. The van der Waals surface area contributed by atoms with Gasteiger partial charge in [-0.3, -0.25) is 14.6 Å². The number of aryl methyl sites for hydroxylation is 2. The summed E-state index contributed by atoms with van der Waals surface area (Å²) in [7, 11) is 1.80. The Hall–Kier alpha value is -2.63. The third-order valence-electron chi connectivity index (χ3n) is 4.55. The van der Waals surface area contributed by atoms with Crippen LogP contribution < -0.4 is 5.32 Å². The van der Waals surface area contributed by atoms with Crippen LogP contribution in [0.2, 0.25) is 0 Å². The lowest BCUT2D eigenvalue weighted by Crippen LogP contribution is -2.32. The van der Waals surface area contributed by atoms with E-state index in [-0.39, 0.29) is 23.8 Å². The molecule has 126 valence electrons. The summed E-state index contributed by atoms with van der Waals surface area (Å²) in [6, 6.07) is 5.51. The number of amides is 2. The molecule has 2 amide bonds. The van der Waals surface area contributed by atoms with Crippen molar-refractivity contribution in [3.63, 3.8) is 0 Å². The molecule has 0 aliphatic carbocycles. The van der Waals surface area contributed by atoms with E-state index in [0.29, 0.717) is 30.0 Å². The van der Waals surface area contributed by atoms with Gasteiger partial charge in [-0.1, -0.05) is 0 Å². The van der Waals surface area contributed by atoms with Gasteiger partial charge in [-0.25, -0.2) is 0 Å². The summed E-state index contributed by atoms with van der Waals surface area (Å²) in [4.78, 5) is 30.3. The minimum atomic E-state index is -0.167. The van der Waals surface area contributed by atoms with Gasteiger partial charge in [-0.15, -0.1) is 0 Å². The molecule has 2 aromatic rings. The van der Waals surface area contributed by atoms with Crippen molar-refractivity contribution in [1.82, 2.24) is 15.2 Å². The molecule has 0 saturated carbocycles. The van der Waals surface area contributed by atoms with E-state index in [1.54, 1.807) is 37.3 Å². The third kappa shape index (κ3) is 3.04. The van der Waals surface area contributed by atoms with Crippen LogP contribution in [-0.2, 0) is 4.79 Å². The van der Waals surface area contributed by atoms with Crippen molar-refractivity contribution in [2.24, 2.45) is 5.92 Å². The number of pyridine rings is 1. The zero-order valence-corrected chi connectivity index (χ0v) is 14.1. The number of carbonyl (C=O) groups is 2. The fourth-order valence-corrected chi connectivity index (χ4v) is 3.37. The van der Waals surface area contributed by atoms with Gasteiger partial charge >= 0.3 is 0 Å². The number of hydrogen-bond donors (Lipinski definition) is 1. The van der Waals surface area contributed by atoms with E-state index in [9.17, 15) is 9.59 Å². The van der Waals surface area contributed by atoms with Crippen LogP contribution in [0.3, 0.4) is 0 Å². The van der Waals surface area contributed by atoms with E-state index < -0.39 is 0 Å². The summed E-state index contributed by atoms with van der Waals surface area (Å²) < 4.78 is 5.40. The largest absolute Gasteiger partial charge is 0.466 e. The Morgan fingerprint density at radius 3 is 2.71 bits per heavy atom. The highest BCUT2D eigenvalue weighted by molar-refractivity contribution is 5.95. The molecule has 6 nitrogen and oxygen atoms in total. The minimum Gasteiger partial charge on any atom is -0.466 e. The molecular weight excluding hydrogens is 306 g/mol. The Balaban J connectivity index is 1.72. The summed E-state index contributed by atoms with van der Waals surface area (Å²) in [6.45, 7) is 4.02. The minimum absolute atomic E-state index is 0.0298. The molecule has 0 radical (unpaired) electrons. The Bertz CT molecular complexity index is 754. The SMILES string of the molecule is Cc1cc(C(=O)NC[C@@H]2CC(=O)N(C)[C@H]2c2ccncc2)c(C)o1. The number of hydrogen-bond acceptors (Lipinski definition) is 4. The number of aromatic nitrogens is 1. The first-order valence-electron chi connectivity index (χ1n) is 7.98. The van der Waals surface area contributed by atoms with Crippen LogP contribution in [-0.4, -0.2) is 35.3 Å². The molecule has 3 heterocycles. The highest BCUT2D eigenvalue weighted by atomic mass is 16.3. The molecule has 0 spiro atoms. The molecule has 2 aromatic heterocycles. The van der Waals surface area contributed by atoms with Gasteiger partial charge in [-0.2, -0.15) is 0 Å². The average molecular weight is 327 g/mol. The number of furan rings is 1. The van der Waals surface area contributed by atoms with Gasteiger partial charge in [0, 0.05) is 38.3 Å². The summed E-state index contributed by atoms with van der Waals surface area (Å²) in [5, 5.41) is 2.94. The van der Waals surface area contributed by atoms with E-state index in [2.05, 4.69) is 10.3 Å². The van der Waals surface area contributed by atoms with E-state index >= 15 is 0 Å². The summed E-state index contributed by atoms with van der Waals surface area (Å²) in [5.41, 5.74) is 1.58. The first-order valence-corrected chi connectivity index (χ1v) is 7.98. The molecule has 2 atom stereocenters. The fraction of sp³-hybridized carbons (Fsp3) is 0.389. The Morgan fingerprint density at radius 1 is 1.38 bits per heavy atom. The molecule has 1 aliphatic heterocycles. The monoisotopic (exact) mass is 327 g/mol. The molecule has 0 bridgehead atoms. The molecular formula is C18H21N3O3. The van der Waals surface area contributed by atoms with Crippen LogP contribution in [0.1, 0.15) is 39.9 Å². The summed E-state index contributed by atoms with van der Waals surface area (Å²) in [5.74, 6) is 1.27. The third-order valence-corrected chi connectivity index (χ3v) is 4.55. The van der Waals surface area contributed by atoms with Crippen molar-refractivity contribution in [2.75, 3.05) is 13.6 Å². The van der Waals surface area contributed by atoms with Crippen LogP contribution in [0.25, 0.3) is 0 Å². The fourth-order valence-electron chi connectivity index (χ4n) is 3.37. The maximum atomic E-state index is 12.4. The number of likely N-dealkylation sites (tertiary alicyclic amines) is 1. The van der Waals surface area contributed by atoms with E-state index in [4.69, 9.17) is 4.42 Å². The first kappa shape index (κ1) is 16.2. The predicted octanol–water partition coefficient (Wildman–Crippen LogP) is 2.24. The molecule has 6 heteroatoms. The molecule has 24 heavy (non-hydrogen) atoms. The lowest BCUT2D eigenvalue weighted by molar-refractivity contribution is -0.127. The van der Waals surface area contributed by atoms with Gasteiger partial charge in [0.25, 0.3) is 5.91 Å². The zero-order valence-electron chi connectivity index (χ0n) is 14.1. The standard InChI is InChI=1S/C18H21N3O3/c1-11-8-15(12(2)24-11)18(23)20-10-14-9-16(22)21(3)17(14)13-4-6-19-7-5-13/h4-8,14,17H,9-10H2,1-3H3,(H,20,23)/t14-,17-/m0/s1. The molecule has 1 aliphatic rings. The van der Waals surface area contributed by atoms with Crippen LogP contribution >= 0.6 is 0 Å². The lowest BCUT2D eigenvalue weighted by Gasteiger charge is -2.25. The maximum Gasteiger partial charge on any atom is 0.254 e. The molecule has 1 fully saturated rings. The van der Waals surface area contributed by atoms with Crippen molar-refractivity contribution in [2.45, 2.75) is 26.3 Å². The smallest absolute Gasteiger partial charge is 0.254 e. The van der Waals surface area contributed by atoms with Crippen LogP contribution in [0.4, 0.5) is 0 Å². The zero-order chi connectivity index (χ0) is 17.3. The quantitative estimate of drug-likeness (QED) is 0.934. The van der Waals surface area contributed by atoms with Gasteiger partial charge in [0.15, 0.2) is 0 Å². The van der Waals surface area contributed by atoms with E-state index in [0.717, 1.165) is 5.56 Å². The average Bonchev–Trinajstić information content (AvgIpc) is 3.05. The van der Waals surface area contributed by atoms with Crippen molar-refractivity contribution in [1.29, 1.82) is 0 Å². The number of nitrogens with one attached hydrogen (secondary N) is 1. The van der Waals surface area contributed by atoms with Crippen LogP contribution in [0.15, 0.2) is 35.0 Å². The van der Waals surface area contributed by atoms with E-state index in [1.165, 1.54) is 0 Å². The molecule has 0 unspecified atom stereocenters. The molecule has 0 aromatic carbocycles. The second kappa shape index (κ2) is 6.47. The lowest BCUT2D eigenvalue weighted by atomic mass is 9.94. The second-order valence-electron chi connectivity index (χ2n) is 6.23. The number of nitrogens with zero attached hydrogens (tertiary/aromatic N) is 2. The number of carbonyl (C=O) groups excluding carboxylic acids is 2. The van der Waals surface area contributed by atoms with Crippen molar-refractivity contribution in [3.05, 3.63) is 53.2 Å². The first-order chi connectivity index (χ1) is 11.5. The highest BCUT2D eigenvalue weighted by Gasteiger charge is 2.38. The van der Waals surface area contributed by atoms with Gasteiger partial charge in [0.05, 0.1) is 11.6 Å². The van der Waals surface area contributed by atoms with Crippen LogP contribution in [0, 0.1) is 19.8 Å². The Labute approximate surface area is 140 Å². The molecule has 1 N–H and O–H groups in total. The van der Waals surface area contributed by atoms with Gasteiger partial charge in [0.1, 0.15) is 11.5 Å². The second-order valence-corrected chi connectivity index (χ2v) is 6.23. The summed E-state index contributed by atoms with van der Waals surface area (Å²) in [6.07, 6.45) is 3.87. The topological polar surface area (TPSA) is 75.4 Å². The van der Waals surface area contributed by atoms with Crippen LogP contribution in [0.5, 0.6) is 0 Å². The Morgan fingerprint density at radius 2 is 2.08 bits per heavy atom. The molecule has 1 saturated heterocycles. The predicted molar refractivity (Wildman–Crippen MR) is 88.4 cm³/mol. The highest BCUT2D eigenvalue weighted by Crippen LogP contribution is 2.36. The number of rotatable bonds is 4. The van der Waals surface area contributed by atoms with Gasteiger partial charge in [-0.05, 0) is 37.6 Å². The molecule has 3 rings (SSSR count). The Kier molecular flexibility index (Phi) is 4.38. The van der Waals surface area contributed by atoms with Gasteiger partial charge in [0.2, 0.25) is 5.91 Å². The van der Waals surface area contributed by atoms with E-state index in [1.807, 2.05) is 19.1 Å². The van der Waals surface area contributed by atoms with Crippen molar-refractivity contribution in [3.8, 4) is 0 Å². The summed E-state index contributed by atoms with van der Waals surface area (Å²) >= 11 is 0.